The predicted octanol–water partition coefficient (Wildman–Crippen LogP) is 2.70. The van der Waals surface area contributed by atoms with Crippen LogP contribution in [0.1, 0.15) is 42.0 Å². The molecule has 1 aromatic carbocycles. The van der Waals surface area contributed by atoms with Gasteiger partial charge in [-0.25, -0.2) is 4.79 Å². The fourth-order valence-corrected chi connectivity index (χ4v) is 4.31. The topological polar surface area (TPSA) is 91.8 Å². The third-order valence-electron chi connectivity index (χ3n) is 6.13. The lowest BCUT2D eigenvalue weighted by molar-refractivity contribution is -0.139. The molecule has 31 heavy (non-hydrogen) atoms. The number of aryl methyl sites for hydroxylation is 2. The van der Waals surface area contributed by atoms with E-state index in [0.717, 1.165) is 43.9 Å². The summed E-state index contributed by atoms with van der Waals surface area (Å²) in [4.78, 5) is 17.6. The monoisotopic (exact) mass is 424 g/mol. The molecular weight excluding hydrogens is 392 g/mol. The van der Waals surface area contributed by atoms with E-state index in [1.54, 1.807) is 13.8 Å². The first-order valence-electron chi connectivity index (χ1n) is 10.7. The van der Waals surface area contributed by atoms with E-state index in [1.165, 1.54) is 11.1 Å². The van der Waals surface area contributed by atoms with Crippen LogP contribution in [0.3, 0.4) is 0 Å². The second-order valence-electron chi connectivity index (χ2n) is 8.33. The number of allylic oxidation sites excluding steroid dienone is 2. The summed E-state index contributed by atoms with van der Waals surface area (Å²) in [5, 5.41) is 9.85. The van der Waals surface area contributed by atoms with E-state index >= 15 is 0 Å². The first-order valence-corrected chi connectivity index (χ1v) is 10.7. The van der Waals surface area contributed by atoms with E-state index < -0.39 is 11.9 Å². The lowest BCUT2D eigenvalue weighted by Crippen LogP contribution is -2.44. The van der Waals surface area contributed by atoms with Gasteiger partial charge in [0.15, 0.2) is 0 Å². The summed E-state index contributed by atoms with van der Waals surface area (Å²) in [5.41, 5.74) is 10.9. The average molecular weight is 425 g/mol. The molecule has 7 heteroatoms. The van der Waals surface area contributed by atoms with Crippen molar-refractivity contribution in [2.24, 2.45) is 5.73 Å². The van der Waals surface area contributed by atoms with Gasteiger partial charge >= 0.3 is 5.97 Å². The summed E-state index contributed by atoms with van der Waals surface area (Å²) < 4.78 is 10.8. The van der Waals surface area contributed by atoms with Crippen molar-refractivity contribution in [3.8, 4) is 6.07 Å². The van der Waals surface area contributed by atoms with Crippen LogP contribution in [0.4, 0.5) is 0 Å². The molecule has 0 radical (unpaired) electrons. The van der Waals surface area contributed by atoms with Crippen LogP contribution in [0.2, 0.25) is 0 Å². The first kappa shape index (κ1) is 22.9. The van der Waals surface area contributed by atoms with Gasteiger partial charge in [0.25, 0.3) is 0 Å². The number of hydrogen-bond donors (Lipinski definition) is 1. The van der Waals surface area contributed by atoms with E-state index in [2.05, 4.69) is 42.0 Å². The van der Waals surface area contributed by atoms with Crippen LogP contribution in [0.25, 0.3) is 0 Å². The Hall–Kier alpha value is -2.82. The number of ether oxygens (including phenoxy) is 2. The molecule has 0 amide bonds. The van der Waals surface area contributed by atoms with E-state index in [0.29, 0.717) is 11.3 Å². The third-order valence-corrected chi connectivity index (χ3v) is 6.13. The standard InChI is InChI=1S/C24H32N4O3/c1-6-30-24(29)21-17(4)31-23(26)20(13-25)22(21)19-12-18(15(2)11-16(19)3)14-28-9-7-27(5)8-10-28/h11-12,22H,6-10,14,26H2,1-5H3. The van der Waals surface area contributed by atoms with Crippen molar-refractivity contribution in [3.05, 3.63) is 57.2 Å². The van der Waals surface area contributed by atoms with E-state index in [4.69, 9.17) is 15.2 Å². The number of nitrogens with zero attached hydrogens (tertiary/aromatic N) is 3. The maximum atomic E-state index is 12.8. The minimum atomic E-state index is -0.607. The fourth-order valence-electron chi connectivity index (χ4n) is 4.31. The summed E-state index contributed by atoms with van der Waals surface area (Å²) in [6, 6.07) is 6.41. The Labute approximate surface area is 184 Å². The zero-order valence-electron chi connectivity index (χ0n) is 19.1. The van der Waals surface area contributed by atoms with Gasteiger partial charge in [0.05, 0.1) is 18.1 Å². The molecule has 166 valence electrons. The number of hydrogen-bond acceptors (Lipinski definition) is 7. The maximum absolute atomic E-state index is 12.8. The Balaban J connectivity index is 2.06. The van der Waals surface area contributed by atoms with Crippen LogP contribution in [0, 0.1) is 25.2 Å². The van der Waals surface area contributed by atoms with Gasteiger partial charge in [-0.3, -0.25) is 4.90 Å². The minimum absolute atomic E-state index is 0.0404. The number of carbonyl (C=O) groups is 1. The SMILES string of the molecule is CCOC(=O)C1=C(C)OC(N)=C(C#N)C1c1cc(CN2CCN(C)CC2)c(C)cc1C. The number of carbonyl (C=O) groups excluding carboxylic acids is 1. The molecule has 0 saturated carbocycles. The van der Waals surface area contributed by atoms with Crippen LogP contribution in [0.15, 0.2) is 34.9 Å². The van der Waals surface area contributed by atoms with Gasteiger partial charge in [-0.05, 0) is 57.0 Å². The number of nitriles is 1. The van der Waals surface area contributed by atoms with Crippen LogP contribution in [-0.2, 0) is 20.8 Å². The molecule has 7 nitrogen and oxygen atoms in total. The predicted molar refractivity (Wildman–Crippen MR) is 119 cm³/mol. The molecule has 3 rings (SSSR count). The molecule has 0 aromatic heterocycles. The maximum Gasteiger partial charge on any atom is 0.338 e. The van der Waals surface area contributed by atoms with Crippen LogP contribution < -0.4 is 5.73 Å². The third kappa shape index (κ3) is 4.76. The van der Waals surface area contributed by atoms with Gasteiger partial charge in [0, 0.05) is 32.7 Å². The molecule has 2 aliphatic rings. The van der Waals surface area contributed by atoms with Gasteiger partial charge in [-0.2, -0.15) is 5.26 Å². The van der Waals surface area contributed by atoms with Crippen molar-refractivity contribution >= 4 is 5.97 Å². The molecule has 0 spiro atoms. The molecule has 2 heterocycles. The van der Waals surface area contributed by atoms with Crippen molar-refractivity contribution in [1.82, 2.24) is 9.80 Å². The summed E-state index contributed by atoms with van der Waals surface area (Å²) in [5.74, 6) is -0.672. The number of benzene rings is 1. The first-order chi connectivity index (χ1) is 14.8. The van der Waals surface area contributed by atoms with Crippen molar-refractivity contribution in [3.63, 3.8) is 0 Å². The number of likely N-dealkylation sites (N-methyl/N-ethyl adjacent to an activating group) is 1. The van der Waals surface area contributed by atoms with E-state index in [-0.39, 0.29) is 18.1 Å². The second kappa shape index (κ2) is 9.54. The molecule has 0 bridgehead atoms. The fraction of sp³-hybridized carbons (Fsp3) is 0.500. The highest BCUT2D eigenvalue weighted by atomic mass is 16.5. The van der Waals surface area contributed by atoms with E-state index in [9.17, 15) is 10.1 Å². The lowest BCUT2D eigenvalue weighted by atomic mass is 9.80. The molecule has 1 saturated heterocycles. The summed E-state index contributed by atoms with van der Waals surface area (Å²) in [6.45, 7) is 12.7. The quantitative estimate of drug-likeness (QED) is 0.727. The van der Waals surface area contributed by atoms with Gasteiger partial charge in [-0.1, -0.05) is 12.1 Å². The molecule has 1 fully saturated rings. The molecule has 2 N–H and O–H groups in total. The average Bonchev–Trinajstić information content (AvgIpc) is 2.71. The minimum Gasteiger partial charge on any atom is -0.463 e. The van der Waals surface area contributed by atoms with Gasteiger partial charge in [-0.15, -0.1) is 0 Å². The number of rotatable bonds is 5. The molecular formula is C24H32N4O3. The largest absolute Gasteiger partial charge is 0.463 e. The van der Waals surface area contributed by atoms with Crippen molar-refractivity contribution < 1.29 is 14.3 Å². The van der Waals surface area contributed by atoms with E-state index in [1.807, 2.05) is 6.92 Å². The second-order valence-corrected chi connectivity index (χ2v) is 8.33. The Kier molecular flexibility index (Phi) is 7.04. The van der Waals surface area contributed by atoms with Crippen LogP contribution >= 0.6 is 0 Å². The van der Waals surface area contributed by atoms with Crippen LogP contribution in [0.5, 0.6) is 0 Å². The molecule has 1 aromatic rings. The van der Waals surface area contributed by atoms with Gasteiger partial charge in [0.1, 0.15) is 17.4 Å². The zero-order valence-corrected chi connectivity index (χ0v) is 19.1. The van der Waals surface area contributed by atoms with Crippen molar-refractivity contribution in [2.45, 2.75) is 40.2 Å². The Morgan fingerprint density at radius 2 is 1.90 bits per heavy atom. The summed E-state index contributed by atoms with van der Waals surface area (Å²) in [6.07, 6.45) is 0. The van der Waals surface area contributed by atoms with Crippen molar-refractivity contribution in [1.29, 1.82) is 5.26 Å². The smallest absolute Gasteiger partial charge is 0.338 e. The molecule has 1 atom stereocenters. The number of nitrogens with two attached hydrogens (primary N) is 1. The zero-order chi connectivity index (χ0) is 22.7. The molecule has 2 aliphatic heterocycles. The normalized spacial score (nSPS) is 20.5. The lowest BCUT2D eigenvalue weighted by Gasteiger charge is -2.33. The Morgan fingerprint density at radius 3 is 2.52 bits per heavy atom. The molecule has 1 unspecified atom stereocenters. The highest BCUT2D eigenvalue weighted by Crippen LogP contribution is 2.41. The van der Waals surface area contributed by atoms with Crippen molar-refractivity contribution in [2.75, 3.05) is 39.8 Å². The highest BCUT2D eigenvalue weighted by molar-refractivity contribution is 5.92. The number of esters is 1. The Bertz CT molecular complexity index is 966. The number of piperazine rings is 1. The summed E-state index contributed by atoms with van der Waals surface area (Å²) >= 11 is 0. The van der Waals surface area contributed by atoms with Gasteiger partial charge in [0.2, 0.25) is 5.88 Å². The van der Waals surface area contributed by atoms with Crippen LogP contribution in [-0.4, -0.2) is 55.6 Å². The highest BCUT2D eigenvalue weighted by Gasteiger charge is 2.37. The summed E-state index contributed by atoms with van der Waals surface area (Å²) in [7, 11) is 2.14. The Morgan fingerprint density at radius 1 is 1.23 bits per heavy atom. The van der Waals surface area contributed by atoms with Gasteiger partial charge < -0.3 is 20.1 Å². The molecule has 0 aliphatic carbocycles.